The molecule has 6 nitrogen and oxygen atoms in total. The molecule has 2 aromatic rings. The van der Waals surface area contributed by atoms with Crippen molar-refractivity contribution >= 4 is 37.5 Å². The van der Waals surface area contributed by atoms with Gasteiger partial charge in [0.15, 0.2) is 0 Å². The van der Waals surface area contributed by atoms with E-state index < -0.39 is 15.9 Å². The molecular formula is C15H16BrN3O3S. The van der Waals surface area contributed by atoms with Gasteiger partial charge in [-0.05, 0) is 45.8 Å². The van der Waals surface area contributed by atoms with Crippen molar-refractivity contribution in [1.29, 1.82) is 0 Å². The van der Waals surface area contributed by atoms with E-state index >= 15 is 0 Å². The number of benzene rings is 1. The normalized spacial score (nSPS) is 11.4. The van der Waals surface area contributed by atoms with Gasteiger partial charge in [-0.25, -0.2) is 8.42 Å². The zero-order valence-corrected chi connectivity index (χ0v) is 14.8. The van der Waals surface area contributed by atoms with Crippen molar-refractivity contribution in [3.63, 3.8) is 0 Å². The van der Waals surface area contributed by atoms with Crippen LogP contribution in [0.4, 0.5) is 5.69 Å². The van der Waals surface area contributed by atoms with E-state index in [9.17, 15) is 13.2 Å². The summed E-state index contributed by atoms with van der Waals surface area (Å²) in [5.41, 5.74) is 1.36. The number of nitrogens with zero attached hydrogens (tertiary/aromatic N) is 2. The van der Waals surface area contributed by atoms with Crippen molar-refractivity contribution in [2.75, 3.05) is 18.1 Å². The first-order chi connectivity index (χ1) is 10.9. The summed E-state index contributed by atoms with van der Waals surface area (Å²) >= 11 is 3.33. The second-order valence-electron chi connectivity index (χ2n) is 4.91. The van der Waals surface area contributed by atoms with Crippen LogP contribution < -0.4 is 5.32 Å². The molecule has 0 aliphatic heterocycles. The Kier molecular flexibility index (Phi) is 5.86. The largest absolute Gasteiger partial charge is 0.324 e. The lowest BCUT2D eigenvalue weighted by molar-refractivity contribution is -0.116. The van der Waals surface area contributed by atoms with Crippen molar-refractivity contribution in [1.82, 2.24) is 9.29 Å². The van der Waals surface area contributed by atoms with Gasteiger partial charge in [0, 0.05) is 23.4 Å². The highest BCUT2D eigenvalue weighted by Crippen LogP contribution is 2.21. The zero-order chi connectivity index (χ0) is 16.9. The minimum atomic E-state index is -3.52. The fourth-order valence-electron chi connectivity index (χ4n) is 1.89. The van der Waals surface area contributed by atoms with E-state index in [0.29, 0.717) is 5.69 Å². The second-order valence-corrected chi connectivity index (χ2v) is 7.75. The number of hydrogen-bond donors (Lipinski definition) is 1. The van der Waals surface area contributed by atoms with Gasteiger partial charge >= 0.3 is 0 Å². The van der Waals surface area contributed by atoms with E-state index in [1.807, 2.05) is 6.07 Å². The van der Waals surface area contributed by atoms with Gasteiger partial charge in [0.1, 0.15) is 0 Å². The summed E-state index contributed by atoms with van der Waals surface area (Å²) in [5.74, 6) is -0.406. The van der Waals surface area contributed by atoms with Crippen molar-refractivity contribution in [2.45, 2.75) is 6.54 Å². The predicted octanol–water partition coefficient (Wildman–Crippen LogP) is 2.24. The van der Waals surface area contributed by atoms with Crippen molar-refractivity contribution in [2.24, 2.45) is 0 Å². The Hall–Kier alpha value is -1.77. The number of aromatic nitrogens is 1. The Labute approximate surface area is 143 Å². The molecule has 8 heteroatoms. The maximum absolute atomic E-state index is 12.2. The lowest BCUT2D eigenvalue weighted by Crippen LogP contribution is -2.36. The number of halogens is 1. The Morgan fingerprint density at radius 3 is 2.48 bits per heavy atom. The number of sulfonamides is 1. The molecule has 0 spiro atoms. The van der Waals surface area contributed by atoms with Gasteiger partial charge in [-0.15, -0.1) is 0 Å². The summed E-state index contributed by atoms with van der Waals surface area (Å²) in [4.78, 5) is 16.1. The SMILES string of the molecule is CS(=O)(=O)N(CC(=O)Nc1ccccc1Br)Cc1ccncc1. The monoisotopic (exact) mass is 397 g/mol. The zero-order valence-electron chi connectivity index (χ0n) is 12.4. The average Bonchev–Trinajstić information content (AvgIpc) is 2.49. The third-order valence-corrected chi connectivity index (χ3v) is 4.93. The molecule has 0 aliphatic carbocycles. The van der Waals surface area contributed by atoms with E-state index in [-0.39, 0.29) is 13.1 Å². The summed E-state index contributed by atoms with van der Waals surface area (Å²) in [7, 11) is -3.52. The maximum atomic E-state index is 12.2. The van der Waals surface area contributed by atoms with Gasteiger partial charge in [-0.2, -0.15) is 4.31 Å². The van der Waals surface area contributed by atoms with Gasteiger partial charge < -0.3 is 5.32 Å². The molecule has 0 unspecified atom stereocenters. The summed E-state index contributed by atoms with van der Waals surface area (Å²) in [5, 5.41) is 2.69. The number of carbonyl (C=O) groups is 1. The van der Waals surface area contributed by atoms with Gasteiger partial charge in [0.05, 0.1) is 18.5 Å². The first kappa shape index (κ1) is 17.6. The molecule has 0 aliphatic rings. The van der Waals surface area contributed by atoms with Crippen LogP contribution in [0.1, 0.15) is 5.56 Å². The first-order valence-corrected chi connectivity index (χ1v) is 9.39. The van der Waals surface area contributed by atoms with E-state index in [4.69, 9.17) is 0 Å². The van der Waals surface area contributed by atoms with Crippen molar-refractivity contribution in [3.05, 3.63) is 58.8 Å². The number of pyridine rings is 1. The molecule has 1 N–H and O–H groups in total. The molecule has 2 rings (SSSR count). The molecule has 0 fully saturated rings. The third-order valence-electron chi connectivity index (χ3n) is 3.05. The first-order valence-electron chi connectivity index (χ1n) is 6.74. The molecule has 0 saturated heterocycles. The molecule has 23 heavy (non-hydrogen) atoms. The number of rotatable bonds is 6. The molecule has 1 aromatic heterocycles. The maximum Gasteiger partial charge on any atom is 0.239 e. The van der Waals surface area contributed by atoms with Gasteiger partial charge in [-0.3, -0.25) is 9.78 Å². The number of nitrogens with one attached hydrogen (secondary N) is 1. The minimum absolute atomic E-state index is 0.116. The Bertz CT molecular complexity index is 782. The van der Waals surface area contributed by atoms with Crippen LogP contribution in [0, 0.1) is 0 Å². The Morgan fingerprint density at radius 1 is 1.22 bits per heavy atom. The molecule has 1 aromatic carbocycles. The van der Waals surface area contributed by atoms with Gasteiger partial charge in [0.2, 0.25) is 15.9 Å². The van der Waals surface area contributed by atoms with Crippen LogP contribution in [0.25, 0.3) is 0 Å². The number of para-hydroxylation sites is 1. The van der Waals surface area contributed by atoms with Crippen LogP contribution in [0.2, 0.25) is 0 Å². The highest BCUT2D eigenvalue weighted by Gasteiger charge is 2.20. The smallest absolute Gasteiger partial charge is 0.239 e. The van der Waals surface area contributed by atoms with Crippen molar-refractivity contribution in [3.8, 4) is 0 Å². The summed E-state index contributed by atoms with van der Waals surface area (Å²) in [6, 6.07) is 10.6. The molecule has 122 valence electrons. The van der Waals surface area contributed by atoms with E-state index in [1.54, 1.807) is 42.7 Å². The average molecular weight is 398 g/mol. The van der Waals surface area contributed by atoms with Crippen LogP contribution in [-0.2, 0) is 21.4 Å². The minimum Gasteiger partial charge on any atom is -0.324 e. The Balaban J connectivity index is 2.09. The van der Waals surface area contributed by atoms with Crippen LogP contribution in [0.5, 0.6) is 0 Å². The Morgan fingerprint density at radius 2 is 1.87 bits per heavy atom. The summed E-state index contributed by atoms with van der Waals surface area (Å²) < 4.78 is 25.7. The molecule has 1 heterocycles. The molecule has 1 amide bonds. The number of anilines is 1. The lowest BCUT2D eigenvalue weighted by atomic mass is 10.3. The number of amides is 1. The molecular weight excluding hydrogens is 382 g/mol. The summed E-state index contributed by atoms with van der Waals surface area (Å²) in [6.45, 7) is -0.146. The predicted molar refractivity (Wildman–Crippen MR) is 92.3 cm³/mol. The van der Waals surface area contributed by atoms with Crippen LogP contribution in [0.3, 0.4) is 0 Å². The highest BCUT2D eigenvalue weighted by atomic mass is 79.9. The molecule has 0 bridgehead atoms. The topological polar surface area (TPSA) is 79.4 Å². The molecule has 0 radical (unpaired) electrons. The third kappa shape index (κ3) is 5.42. The van der Waals surface area contributed by atoms with Crippen LogP contribution in [0.15, 0.2) is 53.3 Å². The van der Waals surface area contributed by atoms with E-state index in [2.05, 4.69) is 26.2 Å². The van der Waals surface area contributed by atoms with Crippen LogP contribution >= 0.6 is 15.9 Å². The lowest BCUT2D eigenvalue weighted by Gasteiger charge is -2.19. The standard InChI is InChI=1S/C15H16BrN3O3S/c1-23(21,22)19(10-12-6-8-17-9-7-12)11-15(20)18-14-5-3-2-4-13(14)16/h2-9H,10-11H2,1H3,(H,18,20). The van der Waals surface area contributed by atoms with Gasteiger partial charge in [0.25, 0.3) is 0 Å². The quantitative estimate of drug-likeness (QED) is 0.810. The number of carbonyl (C=O) groups excluding carboxylic acids is 1. The fourth-order valence-corrected chi connectivity index (χ4v) is 3.01. The number of hydrogen-bond acceptors (Lipinski definition) is 4. The molecule has 0 saturated carbocycles. The van der Waals surface area contributed by atoms with Crippen molar-refractivity contribution < 1.29 is 13.2 Å². The van der Waals surface area contributed by atoms with E-state index in [1.165, 1.54) is 0 Å². The summed E-state index contributed by atoms with van der Waals surface area (Å²) in [6.07, 6.45) is 4.24. The second kappa shape index (κ2) is 7.67. The fraction of sp³-hybridized carbons (Fsp3) is 0.200. The highest BCUT2D eigenvalue weighted by molar-refractivity contribution is 9.10. The van der Waals surface area contributed by atoms with Crippen LogP contribution in [-0.4, -0.2) is 36.4 Å². The molecule has 0 atom stereocenters. The van der Waals surface area contributed by atoms with E-state index in [0.717, 1.165) is 20.6 Å². The van der Waals surface area contributed by atoms with Gasteiger partial charge in [-0.1, -0.05) is 12.1 Å².